The summed E-state index contributed by atoms with van der Waals surface area (Å²) in [5.74, 6) is 0.318. The molecule has 1 N–H and O–H groups in total. The van der Waals surface area contributed by atoms with Crippen LogP contribution in [0.2, 0.25) is 5.02 Å². The highest BCUT2D eigenvalue weighted by Gasteiger charge is 2.32. The van der Waals surface area contributed by atoms with Crippen molar-refractivity contribution in [2.24, 2.45) is 0 Å². The van der Waals surface area contributed by atoms with Crippen molar-refractivity contribution in [3.8, 4) is 5.75 Å². The Morgan fingerprint density at radius 3 is 2.50 bits per heavy atom. The number of ether oxygens (including phenoxy) is 1. The number of alkyl halides is 3. The predicted octanol–water partition coefficient (Wildman–Crippen LogP) is 2.77. The fraction of sp³-hybridized carbons (Fsp3) is 0.538. The van der Waals surface area contributed by atoms with E-state index in [2.05, 4.69) is 10.2 Å². The van der Waals surface area contributed by atoms with Crippen LogP contribution < -0.4 is 10.1 Å². The first-order valence-electron chi connectivity index (χ1n) is 6.28. The van der Waals surface area contributed by atoms with Crippen molar-refractivity contribution in [3.63, 3.8) is 0 Å². The molecule has 1 heterocycles. The number of benzene rings is 1. The minimum absolute atomic E-state index is 0.00698. The summed E-state index contributed by atoms with van der Waals surface area (Å²) in [5.41, 5.74) is -0.275. The molecule has 0 bridgehead atoms. The number of piperazine rings is 1. The molecule has 0 amide bonds. The number of rotatable bonds is 3. The van der Waals surface area contributed by atoms with Crippen LogP contribution in [0.1, 0.15) is 11.1 Å². The van der Waals surface area contributed by atoms with Gasteiger partial charge in [0.05, 0.1) is 17.7 Å². The van der Waals surface area contributed by atoms with Crippen LogP contribution in [0.4, 0.5) is 13.2 Å². The molecular formula is C13H16ClF3N2O. The van der Waals surface area contributed by atoms with E-state index >= 15 is 0 Å². The summed E-state index contributed by atoms with van der Waals surface area (Å²) in [7, 11) is 1.41. The molecule has 1 aliphatic heterocycles. The lowest BCUT2D eigenvalue weighted by Crippen LogP contribution is -2.42. The third kappa shape index (κ3) is 3.56. The first kappa shape index (κ1) is 15.4. The Balaban J connectivity index is 2.30. The van der Waals surface area contributed by atoms with Gasteiger partial charge in [0.25, 0.3) is 0 Å². The standard InChI is InChI=1S/C13H16ClF3N2O/c1-20-12-9(8-19-4-2-18-3-5-19)6-10(7-11(12)14)13(15,16)17/h6-7,18H,2-5,8H2,1H3. The second kappa shape index (κ2) is 6.20. The average Bonchev–Trinajstić information content (AvgIpc) is 2.38. The maximum atomic E-state index is 12.8. The van der Waals surface area contributed by atoms with Gasteiger partial charge in [0.15, 0.2) is 0 Å². The van der Waals surface area contributed by atoms with Gasteiger partial charge in [0, 0.05) is 38.3 Å². The summed E-state index contributed by atoms with van der Waals surface area (Å²) in [4.78, 5) is 2.07. The van der Waals surface area contributed by atoms with Crippen molar-refractivity contribution in [2.75, 3.05) is 33.3 Å². The highest BCUT2D eigenvalue weighted by molar-refractivity contribution is 6.32. The lowest BCUT2D eigenvalue weighted by atomic mass is 10.1. The largest absolute Gasteiger partial charge is 0.495 e. The number of nitrogens with zero attached hydrogens (tertiary/aromatic N) is 1. The maximum Gasteiger partial charge on any atom is 0.416 e. The maximum absolute atomic E-state index is 12.8. The molecule has 3 nitrogen and oxygen atoms in total. The van der Waals surface area contributed by atoms with Crippen LogP contribution in [0, 0.1) is 0 Å². The van der Waals surface area contributed by atoms with E-state index in [1.165, 1.54) is 7.11 Å². The van der Waals surface area contributed by atoms with E-state index in [9.17, 15) is 13.2 Å². The number of nitrogens with one attached hydrogen (secondary N) is 1. The van der Waals surface area contributed by atoms with Gasteiger partial charge in [0.1, 0.15) is 5.75 Å². The van der Waals surface area contributed by atoms with Crippen LogP contribution in [0.15, 0.2) is 12.1 Å². The van der Waals surface area contributed by atoms with Crippen LogP contribution >= 0.6 is 11.6 Å². The third-order valence-electron chi connectivity index (χ3n) is 3.26. The quantitative estimate of drug-likeness (QED) is 0.929. The second-order valence-electron chi connectivity index (χ2n) is 4.67. The molecule has 0 unspecified atom stereocenters. The van der Waals surface area contributed by atoms with E-state index in [0.717, 1.165) is 38.3 Å². The summed E-state index contributed by atoms with van der Waals surface area (Å²) < 4.78 is 43.7. The Labute approximate surface area is 120 Å². The summed E-state index contributed by atoms with van der Waals surface area (Å²) >= 11 is 5.90. The molecule has 7 heteroatoms. The van der Waals surface area contributed by atoms with Crippen LogP contribution in [-0.2, 0) is 12.7 Å². The highest BCUT2D eigenvalue weighted by Crippen LogP contribution is 2.37. The Kier molecular flexibility index (Phi) is 4.78. The Bertz CT molecular complexity index is 473. The number of halogens is 4. The van der Waals surface area contributed by atoms with E-state index < -0.39 is 11.7 Å². The van der Waals surface area contributed by atoms with Gasteiger partial charge >= 0.3 is 6.18 Å². The fourth-order valence-electron chi connectivity index (χ4n) is 2.27. The van der Waals surface area contributed by atoms with Gasteiger partial charge in [-0.05, 0) is 12.1 Å². The van der Waals surface area contributed by atoms with Gasteiger partial charge < -0.3 is 10.1 Å². The molecule has 1 aromatic carbocycles. The molecule has 20 heavy (non-hydrogen) atoms. The topological polar surface area (TPSA) is 24.5 Å². The van der Waals surface area contributed by atoms with Crippen molar-refractivity contribution in [2.45, 2.75) is 12.7 Å². The van der Waals surface area contributed by atoms with Gasteiger partial charge in [-0.1, -0.05) is 11.6 Å². The number of hydrogen-bond donors (Lipinski definition) is 1. The summed E-state index contributed by atoms with van der Waals surface area (Å²) in [6.45, 7) is 3.63. The molecule has 112 valence electrons. The fourth-order valence-corrected chi connectivity index (χ4v) is 2.59. The van der Waals surface area contributed by atoms with E-state index in [1.54, 1.807) is 0 Å². The lowest BCUT2D eigenvalue weighted by molar-refractivity contribution is -0.137. The molecule has 1 fully saturated rings. The summed E-state index contributed by atoms with van der Waals surface area (Å²) in [6, 6.07) is 2.02. The summed E-state index contributed by atoms with van der Waals surface area (Å²) in [5, 5.41) is 3.19. The summed E-state index contributed by atoms with van der Waals surface area (Å²) in [6.07, 6.45) is -4.41. The first-order chi connectivity index (χ1) is 9.41. The lowest BCUT2D eigenvalue weighted by Gasteiger charge is -2.28. The molecule has 1 aliphatic rings. The van der Waals surface area contributed by atoms with Gasteiger partial charge in [-0.25, -0.2) is 0 Å². The van der Waals surface area contributed by atoms with Crippen molar-refractivity contribution in [3.05, 3.63) is 28.3 Å². The van der Waals surface area contributed by atoms with E-state index in [0.29, 0.717) is 17.9 Å². The number of hydrogen-bond acceptors (Lipinski definition) is 3. The number of methoxy groups -OCH3 is 1. The zero-order valence-corrected chi connectivity index (χ0v) is 11.8. The van der Waals surface area contributed by atoms with Gasteiger partial charge in [-0.3, -0.25) is 4.90 Å². The zero-order valence-electron chi connectivity index (χ0n) is 11.1. The van der Waals surface area contributed by atoms with Crippen molar-refractivity contribution < 1.29 is 17.9 Å². The van der Waals surface area contributed by atoms with Gasteiger partial charge in [0.2, 0.25) is 0 Å². The molecule has 1 aromatic rings. The second-order valence-corrected chi connectivity index (χ2v) is 5.08. The van der Waals surface area contributed by atoms with Crippen LogP contribution in [0.3, 0.4) is 0 Å². The van der Waals surface area contributed by atoms with Crippen LogP contribution in [-0.4, -0.2) is 38.2 Å². The van der Waals surface area contributed by atoms with Crippen molar-refractivity contribution in [1.29, 1.82) is 0 Å². The Hall–Kier alpha value is -0.980. The predicted molar refractivity (Wildman–Crippen MR) is 71.2 cm³/mol. The molecular weight excluding hydrogens is 293 g/mol. The van der Waals surface area contributed by atoms with Gasteiger partial charge in [-0.15, -0.1) is 0 Å². The molecule has 1 saturated heterocycles. The molecule has 0 aromatic heterocycles. The van der Waals surface area contributed by atoms with Crippen LogP contribution in [0.25, 0.3) is 0 Å². The first-order valence-corrected chi connectivity index (χ1v) is 6.66. The van der Waals surface area contributed by atoms with E-state index in [4.69, 9.17) is 16.3 Å². The van der Waals surface area contributed by atoms with Crippen molar-refractivity contribution in [1.82, 2.24) is 10.2 Å². The molecule has 0 spiro atoms. The highest BCUT2D eigenvalue weighted by atomic mass is 35.5. The SMILES string of the molecule is COc1c(Cl)cc(C(F)(F)F)cc1CN1CCNCC1. The van der Waals surface area contributed by atoms with Crippen LogP contribution in [0.5, 0.6) is 5.75 Å². The molecule has 0 aliphatic carbocycles. The van der Waals surface area contributed by atoms with Crippen molar-refractivity contribution >= 4 is 11.6 Å². The monoisotopic (exact) mass is 308 g/mol. The van der Waals surface area contributed by atoms with Gasteiger partial charge in [-0.2, -0.15) is 13.2 Å². The molecule has 0 saturated carbocycles. The third-order valence-corrected chi connectivity index (χ3v) is 3.54. The smallest absolute Gasteiger partial charge is 0.416 e. The average molecular weight is 309 g/mol. The minimum atomic E-state index is -4.41. The normalized spacial score (nSPS) is 17.2. The molecule has 0 radical (unpaired) electrons. The molecule has 0 atom stereocenters. The minimum Gasteiger partial charge on any atom is -0.495 e. The Morgan fingerprint density at radius 2 is 1.95 bits per heavy atom. The zero-order chi connectivity index (χ0) is 14.8. The Morgan fingerprint density at radius 1 is 1.30 bits per heavy atom. The van der Waals surface area contributed by atoms with E-state index in [-0.39, 0.29) is 5.02 Å². The van der Waals surface area contributed by atoms with E-state index in [1.807, 2.05) is 0 Å². The molecule has 2 rings (SSSR count).